The van der Waals surface area contributed by atoms with E-state index in [0.717, 1.165) is 12.1 Å². The van der Waals surface area contributed by atoms with Crippen LogP contribution in [0.3, 0.4) is 0 Å². The lowest BCUT2D eigenvalue weighted by atomic mass is 10.2. The van der Waals surface area contributed by atoms with Crippen LogP contribution in [0.5, 0.6) is 0 Å². The van der Waals surface area contributed by atoms with Gasteiger partial charge >= 0.3 is 11.7 Å². The van der Waals surface area contributed by atoms with Crippen LogP contribution in [0.4, 0.5) is 27.5 Å². The molecule has 10 heteroatoms. The van der Waals surface area contributed by atoms with Crippen LogP contribution in [-0.4, -0.2) is 15.9 Å². The molecule has 0 saturated heterocycles. The molecular weight excluding hydrogens is 328 g/mol. The number of carbonyl (C=O) groups is 1. The molecule has 2 rings (SSSR count). The number of anilines is 2. The molecule has 0 aliphatic carbocycles. The highest BCUT2D eigenvalue weighted by atomic mass is 35.5. The first-order chi connectivity index (χ1) is 10.9. The lowest BCUT2D eigenvalue weighted by molar-refractivity contribution is -0.393. The number of hydrogen-bond donors (Lipinski definition) is 2. The second kappa shape index (κ2) is 6.71. The number of nitro groups is 2. The molecular formula is C13H9ClN4O5. The number of carbonyl (C=O) groups excluding carboxylic acids is 1. The van der Waals surface area contributed by atoms with Gasteiger partial charge in [0.2, 0.25) is 0 Å². The van der Waals surface area contributed by atoms with Crippen molar-refractivity contribution >= 4 is 40.4 Å². The maximum Gasteiger partial charge on any atom is 0.323 e. The maximum atomic E-state index is 11.9. The van der Waals surface area contributed by atoms with Crippen molar-refractivity contribution in [1.29, 1.82) is 0 Å². The van der Waals surface area contributed by atoms with Crippen molar-refractivity contribution in [1.82, 2.24) is 0 Å². The molecule has 0 atom stereocenters. The molecule has 0 bridgehead atoms. The van der Waals surface area contributed by atoms with Gasteiger partial charge in [0, 0.05) is 11.8 Å². The Balaban J connectivity index is 2.30. The van der Waals surface area contributed by atoms with Crippen LogP contribution >= 0.6 is 11.6 Å². The lowest BCUT2D eigenvalue weighted by Gasteiger charge is -2.09. The first-order valence-corrected chi connectivity index (χ1v) is 6.51. The number of benzene rings is 2. The molecule has 23 heavy (non-hydrogen) atoms. The normalized spacial score (nSPS) is 9.96. The number of para-hydroxylation sites is 1. The molecule has 0 fully saturated rings. The number of non-ortho nitro benzene ring substituents is 1. The average Bonchev–Trinajstić information content (AvgIpc) is 2.49. The van der Waals surface area contributed by atoms with E-state index in [4.69, 9.17) is 11.6 Å². The summed E-state index contributed by atoms with van der Waals surface area (Å²) in [4.78, 5) is 32.0. The first-order valence-electron chi connectivity index (χ1n) is 6.14. The summed E-state index contributed by atoms with van der Waals surface area (Å²) in [5.74, 6) is 0. The van der Waals surface area contributed by atoms with Crippen LogP contribution in [0.15, 0.2) is 42.5 Å². The summed E-state index contributed by atoms with van der Waals surface area (Å²) in [5.41, 5.74) is -1.08. The quantitative estimate of drug-likeness (QED) is 0.648. The minimum atomic E-state index is -0.864. The van der Waals surface area contributed by atoms with Gasteiger partial charge in [0.25, 0.3) is 5.69 Å². The molecule has 0 unspecified atom stereocenters. The maximum absolute atomic E-state index is 11.9. The summed E-state index contributed by atoms with van der Waals surface area (Å²) < 4.78 is 0. The van der Waals surface area contributed by atoms with Gasteiger partial charge in [0.15, 0.2) is 0 Å². The van der Waals surface area contributed by atoms with E-state index in [2.05, 4.69) is 10.6 Å². The standard InChI is InChI=1S/C13H9ClN4O5/c14-10-6-9(17(20)21)7-11(18(22)23)12(10)16-13(19)15-8-4-2-1-3-5-8/h1-7H,(H2,15,16,19). The van der Waals surface area contributed by atoms with E-state index < -0.39 is 27.3 Å². The van der Waals surface area contributed by atoms with Crippen LogP contribution in [-0.2, 0) is 0 Å². The summed E-state index contributed by atoms with van der Waals surface area (Å²) in [5, 5.41) is 26.1. The smallest absolute Gasteiger partial charge is 0.308 e. The van der Waals surface area contributed by atoms with Gasteiger partial charge in [-0.05, 0) is 12.1 Å². The summed E-state index contributed by atoms with van der Waals surface area (Å²) in [6.45, 7) is 0. The third-order valence-electron chi connectivity index (χ3n) is 2.73. The zero-order valence-corrected chi connectivity index (χ0v) is 12.1. The van der Waals surface area contributed by atoms with Crippen molar-refractivity contribution < 1.29 is 14.6 Å². The predicted octanol–water partition coefficient (Wildman–Crippen LogP) is 3.80. The van der Waals surface area contributed by atoms with Gasteiger partial charge in [-0.15, -0.1) is 0 Å². The van der Waals surface area contributed by atoms with Crippen LogP contribution in [0.25, 0.3) is 0 Å². The second-order valence-electron chi connectivity index (χ2n) is 4.28. The highest BCUT2D eigenvalue weighted by molar-refractivity contribution is 6.34. The molecule has 0 aliphatic rings. The molecule has 2 aromatic rings. The highest BCUT2D eigenvalue weighted by Crippen LogP contribution is 2.36. The Morgan fingerprint density at radius 3 is 2.22 bits per heavy atom. The SMILES string of the molecule is O=C(Nc1ccccc1)Nc1c(Cl)cc([N+](=O)[O-])cc1[N+](=O)[O-]. The first kappa shape index (κ1) is 16.2. The van der Waals surface area contributed by atoms with Crippen molar-refractivity contribution in [3.05, 3.63) is 67.7 Å². The van der Waals surface area contributed by atoms with Crippen molar-refractivity contribution in [2.45, 2.75) is 0 Å². The van der Waals surface area contributed by atoms with E-state index in [1.807, 2.05) is 0 Å². The molecule has 0 heterocycles. The number of hydrogen-bond acceptors (Lipinski definition) is 5. The summed E-state index contributed by atoms with van der Waals surface area (Å²) in [6, 6.07) is 9.25. The van der Waals surface area contributed by atoms with E-state index in [9.17, 15) is 25.0 Å². The lowest BCUT2D eigenvalue weighted by Crippen LogP contribution is -2.20. The number of amides is 2. The van der Waals surface area contributed by atoms with E-state index in [-0.39, 0.29) is 10.7 Å². The number of nitrogens with zero attached hydrogens (tertiary/aromatic N) is 2. The van der Waals surface area contributed by atoms with Gasteiger partial charge in [-0.1, -0.05) is 29.8 Å². The Labute approximate surface area is 134 Å². The molecule has 0 aromatic heterocycles. The van der Waals surface area contributed by atoms with Gasteiger partial charge in [-0.2, -0.15) is 0 Å². The Bertz CT molecular complexity index is 781. The fourth-order valence-corrected chi connectivity index (χ4v) is 2.00. The molecule has 2 amide bonds. The van der Waals surface area contributed by atoms with Gasteiger partial charge in [0.05, 0.1) is 20.9 Å². The molecule has 0 radical (unpaired) electrons. The summed E-state index contributed by atoms with van der Waals surface area (Å²) in [6.07, 6.45) is 0. The Morgan fingerprint density at radius 2 is 1.65 bits per heavy atom. The van der Waals surface area contributed by atoms with Crippen molar-refractivity contribution in [2.75, 3.05) is 10.6 Å². The Kier molecular flexibility index (Phi) is 4.72. The molecule has 118 valence electrons. The highest BCUT2D eigenvalue weighted by Gasteiger charge is 2.24. The van der Waals surface area contributed by atoms with Gasteiger partial charge in [-0.25, -0.2) is 4.79 Å². The largest absolute Gasteiger partial charge is 0.323 e. The minimum Gasteiger partial charge on any atom is -0.308 e. The van der Waals surface area contributed by atoms with E-state index in [1.165, 1.54) is 0 Å². The van der Waals surface area contributed by atoms with E-state index in [1.54, 1.807) is 30.3 Å². The third-order valence-corrected chi connectivity index (χ3v) is 3.03. The molecule has 0 saturated carbocycles. The van der Waals surface area contributed by atoms with Crippen LogP contribution in [0, 0.1) is 20.2 Å². The molecule has 2 aromatic carbocycles. The van der Waals surface area contributed by atoms with Crippen molar-refractivity contribution in [3.8, 4) is 0 Å². The van der Waals surface area contributed by atoms with Crippen molar-refractivity contribution in [3.63, 3.8) is 0 Å². The monoisotopic (exact) mass is 336 g/mol. The van der Waals surface area contributed by atoms with Crippen LogP contribution < -0.4 is 10.6 Å². The summed E-state index contributed by atoms with van der Waals surface area (Å²) >= 11 is 5.82. The molecule has 0 aliphatic heterocycles. The topological polar surface area (TPSA) is 127 Å². The fourth-order valence-electron chi connectivity index (χ4n) is 1.75. The predicted molar refractivity (Wildman–Crippen MR) is 83.8 cm³/mol. The van der Waals surface area contributed by atoms with Gasteiger partial charge in [-0.3, -0.25) is 20.2 Å². The number of nitrogens with one attached hydrogen (secondary N) is 2. The number of nitro benzene ring substituents is 2. The van der Waals surface area contributed by atoms with Gasteiger partial charge in [0.1, 0.15) is 5.69 Å². The molecule has 9 nitrogen and oxygen atoms in total. The van der Waals surface area contributed by atoms with E-state index >= 15 is 0 Å². The average molecular weight is 337 g/mol. The number of rotatable bonds is 4. The Morgan fingerprint density at radius 1 is 1.00 bits per heavy atom. The zero-order valence-electron chi connectivity index (χ0n) is 11.4. The third kappa shape index (κ3) is 3.92. The van der Waals surface area contributed by atoms with Gasteiger partial charge < -0.3 is 10.6 Å². The molecule has 2 N–H and O–H groups in total. The zero-order chi connectivity index (χ0) is 17.0. The number of urea groups is 1. The second-order valence-corrected chi connectivity index (χ2v) is 4.69. The van der Waals surface area contributed by atoms with E-state index in [0.29, 0.717) is 5.69 Å². The summed E-state index contributed by atoms with van der Waals surface area (Å²) in [7, 11) is 0. The van der Waals surface area contributed by atoms with Crippen molar-refractivity contribution in [2.24, 2.45) is 0 Å². The fraction of sp³-hybridized carbons (Fsp3) is 0. The van der Waals surface area contributed by atoms with Crippen LogP contribution in [0.2, 0.25) is 5.02 Å². The molecule has 0 spiro atoms. The Hall–Kier alpha value is -3.20. The number of halogens is 1. The minimum absolute atomic E-state index is 0.311. The van der Waals surface area contributed by atoms with Crippen LogP contribution in [0.1, 0.15) is 0 Å².